The van der Waals surface area contributed by atoms with E-state index in [9.17, 15) is 9.18 Å². The number of thioether (sulfide) groups is 1. The van der Waals surface area contributed by atoms with Crippen LogP contribution in [0.1, 0.15) is 17.3 Å². The largest absolute Gasteiger partial charge is 0.491 e. The minimum atomic E-state index is -0.575. The van der Waals surface area contributed by atoms with E-state index in [0.717, 1.165) is 0 Å². The molecule has 0 aliphatic carbocycles. The molecule has 0 N–H and O–H groups in total. The van der Waals surface area contributed by atoms with Gasteiger partial charge in [0, 0.05) is 4.90 Å². The lowest BCUT2D eigenvalue weighted by molar-refractivity contribution is 0.111. The van der Waals surface area contributed by atoms with Crippen molar-refractivity contribution in [3.63, 3.8) is 0 Å². The summed E-state index contributed by atoms with van der Waals surface area (Å²) in [5.74, 6) is -0.443. The summed E-state index contributed by atoms with van der Waals surface area (Å²) in [4.78, 5) is 11.3. The van der Waals surface area contributed by atoms with Gasteiger partial charge in [0.15, 0.2) is 17.9 Å². The van der Waals surface area contributed by atoms with Gasteiger partial charge in [0.05, 0.1) is 12.2 Å². The maximum atomic E-state index is 13.5. The minimum Gasteiger partial charge on any atom is -0.491 e. The fourth-order valence-corrected chi connectivity index (χ4v) is 1.67. The summed E-state index contributed by atoms with van der Waals surface area (Å²) in [6.07, 6.45) is 2.31. The molecule has 14 heavy (non-hydrogen) atoms. The molecule has 0 unspecified atom stereocenters. The third-order valence-electron chi connectivity index (χ3n) is 1.74. The Morgan fingerprint density at radius 1 is 1.57 bits per heavy atom. The maximum absolute atomic E-state index is 13.5. The van der Waals surface area contributed by atoms with Crippen LogP contribution in [0.3, 0.4) is 0 Å². The molecule has 1 aromatic rings. The highest BCUT2D eigenvalue weighted by atomic mass is 32.2. The lowest BCUT2D eigenvalue weighted by atomic mass is 10.2. The third kappa shape index (κ3) is 2.07. The first-order chi connectivity index (χ1) is 6.74. The van der Waals surface area contributed by atoms with Crippen LogP contribution in [-0.2, 0) is 0 Å². The van der Waals surface area contributed by atoms with E-state index in [0.29, 0.717) is 17.8 Å². The summed E-state index contributed by atoms with van der Waals surface area (Å²) in [7, 11) is 0. The van der Waals surface area contributed by atoms with E-state index in [2.05, 4.69) is 0 Å². The van der Waals surface area contributed by atoms with Crippen molar-refractivity contribution in [1.29, 1.82) is 0 Å². The average molecular weight is 214 g/mol. The topological polar surface area (TPSA) is 26.3 Å². The highest BCUT2D eigenvalue weighted by Crippen LogP contribution is 2.27. The molecule has 4 heteroatoms. The molecule has 0 atom stereocenters. The fourth-order valence-electron chi connectivity index (χ4n) is 1.11. The molecule has 0 bridgehead atoms. The van der Waals surface area contributed by atoms with Crippen molar-refractivity contribution < 1.29 is 13.9 Å². The predicted octanol–water partition coefficient (Wildman–Crippen LogP) is 2.76. The Bertz CT molecular complexity index is 339. The Morgan fingerprint density at radius 2 is 2.29 bits per heavy atom. The third-order valence-corrected chi connectivity index (χ3v) is 2.54. The lowest BCUT2D eigenvalue weighted by Crippen LogP contribution is -1.99. The quantitative estimate of drug-likeness (QED) is 0.569. The van der Waals surface area contributed by atoms with E-state index in [1.54, 1.807) is 19.2 Å². The second kappa shape index (κ2) is 5.00. The SMILES string of the molecule is CCOc1ccc(SC)c(C=O)c1F. The summed E-state index contributed by atoms with van der Waals surface area (Å²) in [5, 5.41) is 0. The fraction of sp³-hybridized carbons (Fsp3) is 0.300. The predicted molar refractivity (Wildman–Crippen MR) is 54.7 cm³/mol. The highest BCUT2D eigenvalue weighted by molar-refractivity contribution is 7.98. The van der Waals surface area contributed by atoms with Crippen LogP contribution in [0.5, 0.6) is 5.75 Å². The van der Waals surface area contributed by atoms with Gasteiger partial charge in [-0.25, -0.2) is 4.39 Å². The van der Waals surface area contributed by atoms with Crippen molar-refractivity contribution in [3.05, 3.63) is 23.5 Å². The Kier molecular flexibility index (Phi) is 3.95. The molecule has 1 aromatic carbocycles. The normalized spacial score (nSPS) is 9.93. The van der Waals surface area contributed by atoms with E-state index < -0.39 is 5.82 Å². The van der Waals surface area contributed by atoms with Gasteiger partial charge in [0.25, 0.3) is 0 Å². The molecule has 0 heterocycles. The van der Waals surface area contributed by atoms with Crippen molar-refractivity contribution in [1.82, 2.24) is 0 Å². The van der Waals surface area contributed by atoms with E-state index >= 15 is 0 Å². The van der Waals surface area contributed by atoms with Crippen molar-refractivity contribution in [3.8, 4) is 5.75 Å². The first kappa shape index (κ1) is 11.0. The molecule has 0 spiro atoms. The number of hydrogen-bond acceptors (Lipinski definition) is 3. The molecule has 0 saturated heterocycles. The maximum Gasteiger partial charge on any atom is 0.176 e. The summed E-state index contributed by atoms with van der Waals surface area (Å²) in [6.45, 7) is 2.15. The summed E-state index contributed by atoms with van der Waals surface area (Å²) in [5.41, 5.74) is 0.0726. The van der Waals surface area contributed by atoms with Gasteiger partial charge in [-0.05, 0) is 25.3 Å². The summed E-state index contributed by atoms with van der Waals surface area (Å²) in [6, 6.07) is 3.22. The highest BCUT2D eigenvalue weighted by Gasteiger charge is 2.12. The van der Waals surface area contributed by atoms with Crippen LogP contribution in [0.15, 0.2) is 17.0 Å². The summed E-state index contributed by atoms with van der Waals surface area (Å²) < 4.78 is 18.6. The first-order valence-corrected chi connectivity index (χ1v) is 5.41. The number of hydrogen-bond donors (Lipinski definition) is 0. The Hall–Kier alpha value is -1.03. The van der Waals surface area contributed by atoms with Crippen LogP contribution in [-0.4, -0.2) is 19.1 Å². The molecule has 0 aromatic heterocycles. The van der Waals surface area contributed by atoms with Crippen LogP contribution in [0.4, 0.5) is 4.39 Å². The number of carbonyl (C=O) groups excluding carboxylic acids is 1. The smallest absolute Gasteiger partial charge is 0.176 e. The number of rotatable bonds is 4. The standard InChI is InChI=1S/C10H11FO2S/c1-3-13-8-4-5-9(14-2)7(6-12)10(8)11/h4-6H,3H2,1-2H3. The van der Waals surface area contributed by atoms with Gasteiger partial charge in [-0.2, -0.15) is 0 Å². The van der Waals surface area contributed by atoms with E-state index in [1.807, 2.05) is 0 Å². The van der Waals surface area contributed by atoms with Gasteiger partial charge < -0.3 is 4.74 Å². The number of carbonyl (C=O) groups is 1. The van der Waals surface area contributed by atoms with Crippen molar-refractivity contribution in [2.45, 2.75) is 11.8 Å². The molecular formula is C10H11FO2S. The van der Waals surface area contributed by atoms with Crippen molar-refractivity contribution in [2.75, 3.05) is 12.9 Å². The Morgan fingerprint density at radius 3 is 2.79 bits per heavy atom. The van der Waals surface area contributed by atoms with Gasteiger partial charge in [-0.15, -0.1) is 11.8 Å². The molecular weight excluding hydrogens is 203 g/mol. The second-order valence-corrected chi connectivity index (χ2v) is 3.39. The number of benzene rings is 1. The lowest BCUT2D eigenvalue weighted by Gasteiger charge is -2.08. The van der Waals surface area contributed by atoms with Crippen LogP contribution in [0.25, 0.3) is 0 Å². The van der Waals surface area contributed by atoms with E-state index in [4.69, 9.17) is 4.74 Å². The second-order valence-electron chi connectivity index (χ2n) is 2.54. The van der Waals surface area contributed by atoms with Gasteiger partial charge in [-0.1, -0.05) is 0 Å². The molecule has 0 aliphatic rings. The number of ether oxygens (including phenoxy) is 1. The molecule has 0 aliphatic heterocycles. The Balaban J connectivity index is 3.20. The van der Waals surface area contributed by atoms with Crippen LogP contribution < -0.4 is 4.74 Å². The van der Waals surface area contributed by atoms with Crippen LogP contribution in [0, 0.1) is 5.82 Å². The van der Waals surface area contributed by atoms with Gasteiger partial charge in [0.1, 0.15) is 0 Å². The van der Waals surface area contributed by atoms with Gasteiger partial charge in [0.2, 0.25) is 0 Å². The molecule has 76 valence electrons. The molecule has 1 rings (SSSR count). The molecule has 0 saturated carbocycles. The van der Waals surface area contributed by atoms with Gasteiger partial charge in [-0.3, -0.25) is 4.79 Å². The van der Waals surface area contributed by atoms with E-state index in [-0.39, 0.29) is 11.3 Å². The Labute approximate surface area is 86.5 Å². The molecule has 0 amide bonds. The zero-order valence-electron chi connectivity index (χ0n) is 8.04. The molecule has 2 nitrogen and oxygen atoms in total. The van der Waals surface area contributed by atoms with Crippen LogP contribution >= 0.6 is 11.8 Å². The zero-order valence-corrected chi connectivity index (χ0v) is 8.86. The molecule has 0 fully saturated rings. The van der Waals surface area contributed by atoms with E-state index in [1.165, 1.54) is 17.8 Å². The summed E-state index contributed by atoms with van der Waals surface area (Å²) >= 11 is 1.33. The number of aldehydes is 1. The van der Waals surface area contributed by atoms with Crippen molar-refractivity contribution >= 4 is 18.0 Å². The zero-order chi connectivity index (χ0) is 10.6. The van der Waals surface area contributed by atoms with Crippen molar-refractivity contribution in [2.24, 2.45) is 0 Å². The van der Waals surface area contributed by atoms with Crippen LogP contribution in [0.2, 0.25) is 0 Å². The average Bonchev–Trinajstić information content (AvgIpc) is 2.21. The van der Waals surface area contributed by atoms with Gasteiger partial charge >= 0.3 is 0 Å². The minimum absolute atomic E-state index is 0.0726. The number of halogens is 1. The molecule has 0 radical (unpaired) electrons. The first-order valence-electron chi connectivity index (χ1n) is 4.19. The monoisotopic (exact) mass is 214 g/mol.